The first kappa shape index (κ1) is 13.2. The highest BCUT2D eigenvalue weighted by atomic mass is 16.5. The van der Waals surface area contributed by atoms with Crippen LogP contribution in [0.3, 0.4) is 0 Å². The molecule has 2 atom stereocenters. The molecule has 19 heavy (non-hydrogen) atoms. The van der Waals surface area contributed by atoms with Crippen molar-refractivity contribution in [1.82, 2.24) is 10.2 Å². The fourth-order valence-electron chi connectivity index (χ4n) is 3.42. The highest BCUT2D eigenvalue weighted by molar-refractivity contribution is 5.74. The molecule has 1 heterocycles. The topological polar surface area (TPSA) is 41.6 Å². The molecule has 2 aliphatic carbocycles. The van der Waals surface area contributed by atoms with Crippen molar-refractivity contribution >= 4 is 6.03 Å². The van der Waals surface area contributed by atoms with Gasteiger partial charge in [-0.2, -0.15) is 0 Å². The molecule has 2 amide bonds. The molecule has 108 valence electrons. The predicted molar refractivity (Wildman–Crippen MR) is 74.0 cm³/mol. The Morgan fingerprint density at radius 1 is 1.16 bits per heavy atom. The number of urea groups is 1. The minimum Gasteiger partial charge on any atom is -0.381 e. The van der Waals surface area contributed by atoms with E-state index in [0.717, 1.165) is 57.0 Å². The van der Waals surface area contributed by atoms with Crippen LogP contribution in [0.2, 0.25) is 0 Å². The van der Waals surface area contributed by atoms with Crippen molar-refractivity contribution < 1.29 is 9.53 Å². The molecule has 1 N–H and O–H groups in total. The minimum atomic E-state index is 0.136. The number of rotatable bonds is 6. The van der Waals surface area contributed by atoms with Gasteiger partial charge in [-0.25, -0.2) is 4.79 Å². The Balaban J connectivity index is 1.24. The second-order valence-corrected chi connectivity index (χ2v) is 6.46. The summed E-state index contributed by atoms with van der Waals surface area (Å²) in [5.74, 6) is 2.40. The van der Waals surface area contributed by atoms with Gasteiger partial charge in [0.1, 0.15) is 0 Å². The van der Waals surface area contributed by atoms with Crippen LogP contribution in [0.25, 0.3) is 0 Å². The number of fused-ring (bicyclic) bond motifs is 1. The first-order chi connectivity index (χ1) is 9.33. The fourth-order valence-corrected chi connectivity index (χ4v) is 3.42. The summed E-state index contributed by atoms with van der Waals surface area (Å²) in [6, 6.07) is 0.136. The van der Waals surface area contributed by atoms with Crippen LogP contribution >= 0.6 is 0 Å². The van der Waals surface area contributed by atoms with E-state index in [0.29, 0.717) is 0 Å². The van der Waals surface area contributed by atoms with E-state index < -0.39 is 0 Å². The van der Waals surface area contributed by atoms with E-state index in [-0.39, 0.29) is 6.03 Å². The molecule has 2 saturated carbocycles. The molecule has 2 unspecified atom stereocenters. The lowest BCUT2D eigenvalue weighted by Crippen LogP contribution is -2.39. The molecule has 0 aromatic rings. The highest BCUT2D eigenvalue weighted by Crippen LogP contribution is 2.37. The third kappa shape index (κ3) is 3.62. The van der Waals surface area contributed by atoms with Gasteiger partial charge in [-0.1, -0.05) is 6.42 Å². The molecule has 1 aliphatic heterocycles. The second-order valence-electron chi connectivity index (χ2n) is 6.46. The van der Waals surface area contributed by atoms with Gasteiger partial charge in [-0.3, -0.25) is 0 Å². The Morgan fingerprint density at radius 3 is 2.58 bits per heavy atom. The van der Waals surface area contributed by atoms with Crippen LogP contribution in [0.4, 0.5) is 4.79 Å². The Kier molecular flexibility index (Phi) is 4.26. The molecule has 0 bridgehead atoms. The van der Waals surface area contributed by atoms with Gasteiger partial charge in [-0.05, 0) is 49.9 Å². The van der Waals surface area contributed by atoms with Crippen LogP contribution in [0, 0.1) is 17.8 Å². The average molecular weight is 266 g/mol. The van der Waals surface area contributed by atoms with Crippen molar-refractivity contribution in [2.75, 3.05) is 32.8 Å². The van der Waals surface area contributed by atoms with Crippen molar-refractivity contribution in [1.29, 1.82) is 0 Å². The van der Waals surface area contributed by atoms with E-state index >= 15 is 0 Å². The maximum atomic E-state index is 12.0. The summed E-state index contributed by atoms with van der Waals surface area (Å²) in [5.41, 5.74) is 0. The predicted octanol–water partition coefficient (Wildman–Crippen LogP) is 2.24. The standard InChI is InChI=1S/C15H26N2O2/c18-15(16-7-2-8-19-11-12-5-6-12)17-9-13-3-1-4-14(13)10-17/h12-14H,1-11H2,(H,16,18). The summed E-state index contributed by atoms with van der Waals surface area (Å²) in [6.45, 7) is 4.41. The van der Waals surface area contributed by atoms with Crippen molar-refractivity contribution in [3.8, 4) is 0 Å². The monoisotopic (exact) mass is 266 g/mol. The number of ether oxygens (including phenoxy) is 1. The first-order valence-electron chi connectivity index (χ1n) is 7.93. The van der Waals surface area contributed by atoms with E-state index in [1.54, 1.807) is 0 Å². The zero-order valence-corrected chi connectivity index (χ0v) is 11.8. The zero-order valence-electron chi connectivity index (χ0n) is 11.8. The van der Waals surface area contributed by atoms with Crippen molar-refractivity contribution in [3.05, 3.63) is 0 Å². The van der Waals surface area contributed by atoms with Gasteiger partial charge >= 0.3 is 6.03 Å². The number of carbonyl (C=O) groups is 1. The Morgan fingerprint density at radius 2 is 1.89 bits per heavy atom. The lowest BCUT2D eigenvalue weighted by molar-refractivity contribution is 0.122. The largest absolute Gasteiger partial charge is 0.381 e. The molecule has 3 aliphatic rings. The summed E-state index contributed by atoms with van der Waals surface area (Å²) in [4.78, 5) is 14.0. The molecule has 0 radical (unpaired) electrons. The number of nitrogens with one attached hydrogen (secondary N) is 1. The summed E-state index contributed by atoms with van der Waals surface area (Å²) >= 11 is 0. The molecule has 3 rings (SSSR count). The van der Waals surface area contributed by atoms with Gasteiger partial charge in [0.2, 0.25) is 0 Å². The molecule has 1 saturated heterocycles. The van der Waals surface area contributed by atoms with Gasteiger partial charge in [0.05, 0.1) is 0 Å². The molecular weight excluding hydrogens is 240 g/mol. The number of hydrogen-bond donors (Lipinski definition) is 1. The van der Waals surface area contributed by atoms with Gasteiger partial charge in [-0.15, -0.1) is 0 Å². The quantitative estimate of drug-likeness (QED) is 0.749. The number of carbonyl (C=O) groups excluding carboxylic acids is 1. The van der Waals surface area contributed by atoms with E-state index in [4.69, 9.17) is 4.74 Å². The SMILES string of the molecule is O=C(NCCCOCC1CC1)N1CC2CCCC2C1. The lowest BCUT2D eigenvalue weighted by Gasteiger charge is -2.18. The smallest absolute Gasteiger partial charge is 0.317 e. The number of nitrogens with zero attached hydrogens (tertiary/aromatic N) is 1. The van der Waals surface area contributed by atoms with Crippen LogP contribution in [0.15, 0.2) is 0 Å². The van der Waals surface area contributed by atoms with Gasteiger partial charge in [0.15, 0.2) is 0 Å². The molecule has 0 spiro atoms. The molecule has 3 fully saturated rings. The Hall–Kier alpha value is -0.770. The summed E-state index contributed by atoms with van der Waals surface area (Å²) < 4.78 is 5.56. The minimum absolute atomic E-state index is 0.136. The molecule has 0 aromatic heterocycles. The Bertz CT molecular complexity index is 305. The summed E-state index contributed by atoms with van der Waals surface area (Å²) in [5, 5.41) is 3.02. The van der Waals surface area contributed by atoms with E-state index in [9.17, 15) is 4.79 Å². The number of likely N-dealkylation sites (tertiary alicyclic amines) is 1. The Labute approximate surface area is 115 Å². The number of hydrogen-bond acceptors (Lipinski definition) is 2. The third-order valence-corrected chi connectivity index (χ3v) is 4.81. The highest BCUT2D eigenvalue weighted by Gasteiger charge is 2.37. The first-order valence-corrected chi connectivity index (χ1v) is 7.93. The van der Waals surface area contributed by atoms with Crippen LogP contribution < -0.4 is 5.32 Å². The van der Waals surface area contributed by atoms with E-state index in [1.807, 2.05) is 4.90 Å². The zero-order chi connectivity index (χ0) is 13.1. The van der Waals surface area contributed by atoms with Crippen LogP contribution in [-0.2, 0) is 4.74 Å². The molecular formula is C15H26N2O2. The van der Waals surface area contributed by atoms with E-state index in [2.05, 4.69) is 5.32 Å². The van der Waals surface area contributed by atoms with Crippen LogP contribution in [0.1, 0.15) is 38.5 Å². The van der Waals surface area contributed by atoms with Crippen molar-refractivity contribution in [3.63, 3.8) is 0 Å². The van der Waals surface area contributed by atoms with Crippen molar-refractivity contribution in [2.24, 2.45) is 17.8 Å². The lowest BCUT2D eigenvalue weighted by atomic mass is 10.0. The third-order valence-electron chi connectivity index (χ3n) is 4.81. The maximum absolute atomic E-state index is 12.0. The molecule has 4 nitrogen and oxygen atoms in total. The summed E-state index contributed by atoms with van der Waals surface area (Å²) in [7, 11) is 0. The fraction of sp³-hybridized carbons (Fsp3) is 0.933. The van der Waals surface area contributed by atoms with Crippen LogP contribution in [-0.4, -0.2) is 43.8 Å². The van der Waals surface area contributed by atoms with Gasteiger partial charge in [0.25, 0.3) is 0 Å². The van der Waals surface area contributed by atoms with E-state index in [1.165, 1.54) is 32.1 Å². The average Bonchev–Trinajstić information content (AvgIpc) is 2.96. The molecule has 4 heteroatoms. The van der Waals surface area contributed by atoms with Gasteiger partial charge < -0.3 is 15.0 Å². The number of amides is 2. The van der Waals surface area contributed by atoms with Crippen molar-refractivity contribution in [2.45, 2.75) is 38.5 Å². The van der Waals surface area contributed by atoms with Crippen LogP contribution in [0.5, 0.6) is 0 Å². The molecule has 0 aromatic carbocycles. The van der Waals surface area contributed by atoms with Gasteiger partial charge in [0, 0.05) is 32.8 Å². The normalized spacial score (nSPS) is 29.6. The summed E-state index contributed by atoms with van der Waals surface area (Å²) in [6.07, 6.45) is 7.62. The second kappa shape index (κ2) is 6.12. The maximum Gasteiger partial charge on any atom is 0.317 e.